The second kappa shape index (κ2) is 5.83. The van der Waals surface area contributed by atoms with Crippen LogP contribution >= 0.6 is 11.6 Å². The lowest BCUT2D eigenvalue weighted by Gasteiger charge is -2.05. The number of hydrogen-bond donors (Lipinski definition) is 2. The number of halogens is 1. The van der Waals surface area contributed by atoms with E-state index in [0.29, 0.717) is 22.3 Å². The Hall–Kier alpha value is -2.21. The molecule has 1 aromatic carbocycles. The third-order valence-corrected chi connectivity index (χ3v) is 3.02. The maximum absolute atomic E-state index is 11.8. The summed E-state index contributed by atoms with van der Waals surface area (Å²) in [5.74, 6) is -0.600. The number of aromatic amines is 1. The van der Waals surface area contributed by atoms with Gasteiger partial charge in [-0.15, -0.1) is 11.6 Å². The molecule has 1 heterocycles. The molecule has 0 aliphatic heterocycles. The molecule has 2 rings (SSSR count). The number of carbonyl (C=O) groups is 2. The van der Waals surface area contributed by atoms with Gasteiger partial charge in [0.1, 0.15) is 17.3 Å². The first-order chi connectivity index (χ1) is 9.60. The minimum Gasteiger partial charge on any atom is -0.497 e. The van der Waals surface area contributed by atoms with Gasteiger partial charge in [0.25, 0.3) is 0 Å². The van der Waals surface area contributed by atoms with E-state index in [1.807, 2.05) is 0 Å². The van der Waals surface area contributed by atoms with E-state index in [1.54, 1.807) is 18.2 Å². The molecular formula is C13H13ClN2O4. The molecule has 2 N–H and O–H groups in total. The van der Waals surface area contributed by atoms with Crippen LogP contribution in [0.3, 0.4) is 0 Å². The molecule has 7 heteroatoms. The lowest BCUT2D eigenvalue weighted by Crippen LogP contribution is -2.15. The molecule has 0 radical (unpaired) electrons. The Bertz CT molecular complexity index is 666. The van der Waals surface area contributed by atoms with Crippen LogP contribution in [0.2, 0.25) is 0 Å². The lowest BCUT2D eigenvalue weighted by molar-refractivity contribution is -0.113. The van der Waals surface area contributed by atoms with Crippen molar-refractivity contribution in [3.05, 3.63) is 23.9 Å². The molecule has 0 saturated carbocycles. The topological polar surface area (TPSA) is 80.4 Å². The Morgan fingerprint density at radius 2 is 2.10 bits per heavy atom. The molecule has 2 aromatic rings. The maximum Gasteiger partial charge on any atom is 0.356 e. The van der Waals surface area contributed by atoms with Gasteiger partial charge in [0.15, 0.2) is 0 Å². The van der Waals surface area contributed by atoms with Crippen molar-refractivity contribution in [3.63, 3.8) is 0 Å². The van der Waals surface area contributed by atoms with Gasteiger partial charge in [-0.2, -0.15) is 0 Å². The van der Waals surface area contributed by atoms with Crippen LogP contribution < -0.4 is 10.1 Å². The standard InChI is InChI=1S/C13H13ClN2O4/c1-19-7-3-4-9-8(5-7)11(16-10(17)6-14)12(15-9)13(18)20-2/h3-5,15H,6H2,1-2H3,(H,16,17). The Labute approximate surface area is 120 Å². The van der Waals surface area contributed by atoms with E-state index in [0.717, 1.165) is 0 Å². The number of rotatable bonds is 4. The molecule has 0 aliphatic rings. The van der Waals surface area contributed by atoms with Gasteiger partial charge in [-0.1, -0.05) is 0 Å². The Morgan fingerprint density at radius 3 is 2.70 bits per heavy atom. The molecular weight excluding hydrogens is 284 g/mol. The molecule has 1 aromatic heterocycles. The summed E-state index contributed by atoms with van der Waals surface area (Å²) in [4.78, 5) is 26.2. The molecule has 1 amide bonds. The van der Waals surface area contributed by atoms with Gasteiger partial charge in [0.2, 0.25) is 5.91 Å². The number of aromatic nitrogens is 1. The number of anilines is 1. The van der Waals surface area contributed by atoms with E-state index in [1.165, 1.54) is 14.2 Å². The highest BCUT2D eigenvalue weighted by atomic mass is 35.5. The van der Waals surface area contributed by atoms with Gasteiger partial charge in [0.05, 0.1) is 19.9 Å². The largest absolute Gasteiger partial charge is 0.497 e. The van der Waals surface area contributed by atoms with Crippen molar-refractivity contribution in [2.45, 2.75) is 0 Å². The van der Waals surface area contributed by atoms with Crippen LogP contribution in [0.5, 0.6) is 5.75 Å². The summed E-state index contributed by atoms with van der Waals surface area (Å²) in [6.45, 7) is 0. The third kappa shape index (κ3) is 2.55. The first-order valence-electron chi connectivity index (χ1n) is 5.74. The predicted octanol–water partition coefficient (Wildman–Crippen LogP) is 2.14. The maximum atomic E-state index is 11.8. The van der Waals surface area contributed by atoms with Crippen molar-refractivity contribution in [1.29, 1.82) is 0 Å². The fourth-order valence-electron chi connectivity index (χ4n) is 1.86. The van der Waals surface area contributed by atoms with Crippen molar-refractivity contribution < 1.29 is 19.1 Å². The van der Waals surface area contributed by atoms with Gasteiger partial charge in [-0.3, -0.25) is 4.79 Å². The molecule has 6 nitrogen and oxygen atoms in total. The summed E-state index contributed by atoms with van der Waals surface area (Å²) in [6, 6.07) is 5.20. The van der Waals surface area contributed by atoms with E-state index in [2.05, 4.69) is 10.3 Å². The van der Waals surface area contributed by atoms with Gasteiger partial charge in [-0.05, 0) is 18.2 Å². The highest BCUT2D eigenvalue weighted by Crippen LogP contribution is 2.31. The Balaban J connectivity index is 2.62. The second-order valence-electron chi connectivity index (χ2n) is 3.96. The van der Waals surface area contributed by atoms with E-state index in [4.69, 9.17) is 21.1 Å². The molecule has 0 fully saturated rings. The number of ether oxygens (including phenoxy) is 2. The number of amides is 1. The molecule has 106 valence electrons. The van der Waals surface area contributed by atoms with Crippen molar-refractivity contribution >= 4 is 40.1 Å². The van der Waals surface area contributed by atoms with Crippen LogP contribution in [0, 0.1) is 0 Å². The smallest absolute Gasteiger partial charge is 0.356 e. The van der Waals surface area contributed by atoms with Gasteiger partial charge >= 0.3 is 5.97 Å². The molecule has 0 spiro atoms. The van der Waals surface area contributed by atoms with Crippen LogP contribution in [0.1, 0.15) is 10.5 Å². The first-order valence-corrected chi connectivity index (χ1v) is 6.28. The Morgan fingerprint density at radius 1 is 1.35 bits per heavy atom. The SMILES string of the molecule is COC(=O)c1[nH]c2ccc(OC)cc2c1NC(=O)CCl. The minimum atomic E-state index is -0.579. The summed E-state index contributed by atoms with van der Waals surface area (Å²) in [5, 5.41) is 3.23. The number of fused-ring (bicyclic) bond motifs is 1. The zero-order valence-corrected chi connectivity index (χ0v) is 11.7. The third-order valence-electron chi connectivity index (χ3n) is 2.78. The molecule has 0 atom stereocenters. The zero-order chi connectivity index (χ0) is 14.7. The van der Waals surface area contributed by atoms with E-state index in [-0.39, 0.29) is 11.6 Å². The molecule has 0 bridgehead atoms. The normalized spacial score (nSPS) is 10.3. The average molecular weight is 297 g/mol. The Kier molecular flexibility index (Phi) is 4.14. The number of methoxy groups -OCH3 is 2. The first kappa shape index (κ1) is 14.2. The summed E-state index contributed by atoms with van der Waals surface area (Å²) >= 11 is 5.48. The number of H-pyrrole nitrogens is 1. The number of alkyl halides is 1. The summed E-state index contributed by atoms with van der Waals surface area (Å²) in [7, 11) is 2.80. The fraction of sp³-hybridized carbons (Fsp3) is 0.231. The molecule has 0 aliphatic carbocycles. The quantitative estimate of drug-likeness (QED) is 0.669. The summed E-state index contributed by atoms with van der Waals surface area (Å²) in [6.07, 6.45) is 0. The zero-order valence-electron chi connectivity index (χ0n) is 11.0. The highest BCUT2D eigenvalue weighted by molar-refractivity contribution is 6.29. The highest BCUT2D eigenvalue weighted by Gasteiger charge is 2.20. The molecule has 20 heavy (non-hydrogen) atoms. The van der Waals surface area contributed by atoms with Gasteiger partial charge < -0.3 is 19.8 Å². The predicted molar refractivity (Wildman–Crippen MR) is 75.5 cm³/mol. The number of carbonyl (C=O) groups excluding carboxylic acids is 2. The number of esters is 1. The number of hydrogen-bond acceptors (Lipinski definition) is 4. The van der Waals surface area contributed by atoms with Crippen LogP contribution in [0.4, 0.5) is 5.69 Å². The minimum absolute atomic E-state index is 0.161. The van der Waals surface area contributed by atoms with Crippen molar-refractivity contribution in [2.75, 3.05) is 25.4 Å². The molecule has 0 saturated heterocycles. The van der Waals surface area contributed by atoms with Crippen molar-refractivity contribution in [3.8, 4) is 5.75 Å². The monoisotopic (exact) mass is 296 g/mol. The van der Waals surface area contributed by atoms with Crippen LogP contribution in [-0.2, 0) is 9.53 Å². The van der Waals surface area contributed by atoms with Crippen LogP contribution in [0.15, 0.2) is 18.2 Å². The lowest BCUT2D eigenvalue weighted by atomic mass is 10.2. The van der Waals surface area contributed by atoms with Crippen molar-refractivity contribution in [1.82, 2.24) is 4.98 Å². The van der Waals surface area contributed by atoms with E-state index in [9.17, 15) is 9.59 Å². The van der Waals surface area contributed by atoms with Crippen LogP contribution in [0.25, 0.3) is 10.9 Å². The van der Waals surface area contributed by atoms with Gasteiger partial charge in [-0.25, -0.2) is 4.79 Å². The summed E-state index contributed by atoms with van der Waals surface area (Å²) < 4.78 is 9.83. The molecule has 0 unspecified atom stereocenters. The van der Waals surface area contributed by atoms with Crippen molar-refractivity contribution in [2.24, 2.45) is 0 Å². The average Bonchev–Trinajstić information content (AvgIpc) is 2.84. The fourth-order valence-corrected chi connectivity index (χ4v) is 1.92. The van der Waals surface area contributed by atoms with E-state index >= 15 is 0 Å². The number of benzene rings is 1. The van der Waals surface area contributed by atoms with E-state index < -0.39 is 11.9 Å². The van der Waals surface area contributed by atoms with Crippen LogP contribution in [-0.4, -0.2) is 37.0 Å². The second-order valence-corrected chi connectivity index (χ2v) is 4.23. The number of nitrogens with one attached hydrogen (secondary N) is 2. The summed E-state index contributed by atoms with van der Waals surface area (Å²) in [5.41, 5.74) is 1.17. The van der Waals surface area contributed by atoms with Gasteiger partial charge in [0, 0.05) is 10.9 Å².